The number of benzene rings is 1. The topological polar surface area (TPSA) is 143 Å². The Hall–Kier alpha value is -3.62. The Morgan fingerprint density at radius 3 is 2.76 bits per heavy atom. The average Bonchev–Trinajstić information content (AvgIpc) is 3.10. The van der Waals surface area contributed by atoms with Crippen LogP contribution in [0, 0.1) is 0 Å². The van der Waals surface area contributed by atoms with Crippen LogP contribution in [0.15, 0.2) is 35.3 Å². The second-order valence-corrected chi connectivity index (χ2v) is 6.67. The first kappa shape index (κ1) is 20.1. The predicted octanol–water partition coefficient (Wildman–Crippen LogP) is 1.65. The molecule has 29 heavy (non-hydrogen) atoms. The number of nitrogens with two attached hydrogens (primary N) is 1. The fourth-order valence-electron chi connectivity index (χ4n) is 3.16. The van der Waals surface area contributed by atoms with E-state index in [4.69, 9.17) is 10.5 Å². The van der Waals surface area contributed by atoms with E-state index in [1.54, 1.807) is 18.3 Å². The van der Waals surface area contributed by atoms with E-state index in [0.717, 1.165) is 17.5 Å². The molecule has 3 rings (SSSR count). The number of ether oxygens (including phenoxy) is 1. The van der Waals surface area contributed by atoms with E-state index >= 15 is 0 Å². The number of carbonyl (C=O) groups is 2. The van der Waals surface area contributed by atoms with Crippen molar-refractivity contribution in [2.75, 3.05) is 5.73 Å². The standard InChI is InChI=1S/C20H23N5O4/c1-2-3-15(29-11-26)23-18(27)13-7-4-12(5-8-13)6-9-14-10-22-17-16(14)19(28)25-20(21)24-17/h4-5,7-8,10-11,15H,2-3,6,9H2,1H3,(H,23,27)(H4,21,22,24,25,28)/t15-/m1/s1. The molecule has 1 aromatic carbocycles. The van der Waals surface area contributed by atoms with E-state index in [1.807, 2.05) is 19.1 Å². The number of anilines is 1. The summed E-state index contributed by atoms with van der Waals surface area (Å²) in [5, 5.41) is 3.19. The first-order valence-corrected chi connectivity index (χ1v) is 9.36. The first-order chi connectivity index (χ1) is 14.0. The number of aryl methyl sites for hydroxylation is 2. The fourth-order valence-corrected chi connectivity index (χ4v) is 3.16. The number of aromatic nitrogens is 3. The minimum absolute atomic E-state index is 0.0736. The van der Waals surface area contributed by atoms with Gasteiger partial charge in [0.1, 0.15) is 5.65 Å². The quantitative estimate of drug-likeness (QED) is 0.319. The molecule has 0 bridgehead atoms. The highest BCUT2D eigenvalue weighted by molar-refractivity contribution is 5.94. The molecule has 0 saturated heterocycles. The van der Waals surface area contributed by atoms with Crippen molar-refractivity contribution in [1.82, 2.24) is 20.3 Å². The maximum Gasteiger partial charge on any atom is 0.295 e. The highest BCUT2D eigenvalue weighted by Crippen LogP contribution is 2.16. The van der Waals surface area contributed by atoms with Gasteiger partial charge in [-0.1, -0.05) is 25.5 Å². The van der Waals surface area contributed by atoms with Crippen LogP contribution in [0.5, 0.6) is 0 Å². The van der Waals surface area contributed by atoms with Gasteiger partial charge in [0.2, 0.25) is 5.95 Å². The third-order valence-corrected chi connectivity index (χ3v) is 4.61. The highest BCUT2D eigenvalue weighted by Gasteiger charge is 2.14. The molecule has 2 heterocycles. The normalized spacial score (nSPS) is 11.9. The van der Waals surface area contributed by atoms with Crippen molar-refractivity contribution in [2.45, 2.75) is 38.8 Å². The molecule has 0 aliphatic heterocycles. The number of fused-ring (bicyclic) bond motifs is 1. The van der Waals surface area contributed by atoms with Crippen molar-refractivity contribution in [3.63, 3.8) is 0 Å². The number of hydrogen-bond donors (Lipinski definition) is 4. The van der Waals surface area contributed by atoms with Gasteiger partial charge in [-0.25, -0.2) is 0 Å². The molecule has 5 N–H and O–H groups in total. The van der Waals surface area contributed by atoms with E-state index in [0.29, 0.717) is 42.3 Å². The van der Waals surface area contributed by atoms with E-state index in [2.05, 4.69) is 20.3 Å². The summed E-state index contributed by atoms with van der Waals surface area (Å²) < 4.78 is 4.87. The maximum absolute atomic E-state index is 12.3. The van der Waals surface area contributed by atoms with Crippen molar-refractivity contribution in [2.24, 2.45) is 0 Å². The molecule has 0 aliphatic carbocycles. The zero-order valence-corrected chi connectivity index (χ0v) is 16.0. The average molecular weight is 397 g/mol. The summed E-state index contributed by atoms with van der Waals surface area (Å²) in [4.78, 5) is 44.5. The van der Waals surface area contributed by atoms with Gasteiger partial charge in [0.05, 0.1) is 5.39 Å². The molecule has 152 valence electrons. The van der Waals surface area contributed by atoms with Gasteiger partial charge in [-0.05, 0) is 36.1 Å². The van der Waals surface area contributed by atoms with E-state index < -0.39 is 6.23 Å². The van der Waals surface area contributed by atoms with Crippen molar-refractivity contribution in [3.05, 3.63) is 57.5 Å². The Morgan fingerprint density at radius 1 is 1.31 bits per heavy atom. The van der Waals surface area contributed by atoms with Crippen LogP contribution in [-0.4, -0.2) is 33.6 Å². The van der Waals surface area contributed by atoms with Gasteiger partial charge >= 0.3 is 0 Å². The lowest BCUT2D eigenvalue weighted by molar-refractivity contribution is -0.134. The summed E-state index contributed by atoms with van der Waals surface area (Å²) >= 11 is 0. The third kappa shape index (κ3) is 4.81. The van der Waals surface area contributed by atoms with Crippen LogP contribution in [0.2, 0.25) is 0 Å². The number of nitrogen functional groups attached to an aromatic ring is 1. The van der Waals surface area contributed by atoms with Crippen LogP contribution < -0.4 is 16.6 Å². The summed E-state index contributed by atoms with van der Waals surface area (Å²) in [5.74, 6) is -0.229. The zero-order valence-electron chi connectivity index (χ0n) is 16.0. The van der Waals surface area contributed by atoms with Gasteiger partial charge in [0.25, 0.3) is 17.9 Å². The van der Waals surface area contributed by atoms with Crippen LogP contribution >= 0.6 is 0 Å². The Balaban J connectivity index is 1.64. The van der Waals surface area contributed by atoms with Crippen molar-refractivity contribution in [1.29, 1.82) is 0 Å². The van der Waals surface area contributed by atoms with Gasteiger partial charge in [-0.15, -0.1) is 0 Å². The largest absolute Gasteiger partial charge is 0.444 e. The Morgan fingerprint density at radius 2 is 2.07 bits per heavy atom. The van der Waals surface area contributed by atoms with E-state index in [-0.39, 0.29) is 17.4 Å². The van der Waals surface area contributed by atoms with Crippen LogP contribution in [0.1, 0.15) is 41.3 Å². The number of rotatable bonds is 9. The molecule has 0 unspecified atom stereocenters. The van der Waals surface area contributed by atoms with E-state index in [9.17, 15) is 14.4 Å². The predicted molar refractivity (Wildman–Crippen MR) is 108 cm³/mol. The summed E-state index contributed by atoms with van der Waals surface area (Å²) in [6.45, 7) is 2.28. The molecule has 0 radical (unpaired) electrons. The molecule has 9 heteroatoms. The minimum Gasteiger partial charge on any atom is -0.444 e. The lowest BCUT2D eigenvalue weighted by Gasteiger charge is -2.16. The molecular formula is C20H23N5O4. The summed E-state index contributed by atoms with van der Waals surface area (Å²) in [7, 11) is 0. The molecule has 0 fully saturated rings. The summed E-state index contributed by atoms with van der Waals surface area (Å²) in [6.07, 6.45) is 3.78. The zero-order chi connectivity index (χ0) is 20.8. The van der Waals surface area contributed by atoms with Gasteiger partial charge in [0, 0.05) is 18.2 Å². The fraction of sp³-hybridized carbons (Fsp3) is 0.300. The number of H-pyrrole nitrogens is 2. The molecule has 0 spiro atoms. The van der Waals surface area contributed by atoms with Crippen molar-refractivity contribution >= 4 is 29.4 Å². The number of hydrogen-bond acceptors (Lipinski definition) is 6. The molecular weight excluding hydrogens is 374 g/mol. The maximum atomic E-state index is 12.3. The Labute approximate surface area is 166 Å². The lowest BCUT2D eigenvalue weighted by atomic mass is 10.0. The second kappa shape index (κ2) is 9.05. The van der Waals surface area contributed by atoms with Crippen LogP contribution in [0.25, 0.3) is 11.0 Å². The minimum atomic E-state index is -0.632. The van der Waals surface area contributed by atoms with Gasteiger partial charge in [-0.2, -0.15) is 4.98 Å². The van der Waals surface area contributed by atoms with Crippen LogP contribution in [0.4, 0.5) is 5.95 Å². The first-order valence-electron chi connectivity index (χ1n) is 9.36. The summed E-state index contributed by atoms with van der Waals surface area (Å²) in [5.41, 5.74) is 8.10. The molecule has 1 amide bonds. The molecule has 2 aromatic heterocycles. The van der Waals surface area contributed by atoms with Crippen LogP contribution in [-0.2, 0) is 22.4 Å². The number of nitrogens with zero attached hydrogens (tertiary/aromatic N) is 1. The molecule has 0 aliphatic rings. The summed E-state index contributed by atoms with van der Waals surface area (Å²) in [6, 6.07) is 7.16. The Bertz CT molecular complexity index is 1050. The van der Waals surface area contributed by atoms with Crippen molar-refractivity contribution in [3.8, 4) is 0 Å². The highest BCUT2D eigenvalue weighted by atomic mass is 16.5. The SMILES string of the molecule is CCC[C@H](NC(=O)c1ccc(CCc2c[nH]c3[nH]c(N)nc(=O)c23)cc1)OC=O. The number of nitrogens with one attached hydrogen (secondary N) is 3. The molecule has 9 nitrogen and oxygen atoms in total. The number of aromatic amines is 2. The van der Waals surface area contributed by atoms with Gasteiger partial charge in [0.15, 0.2) is 6.23 Å². The number of carbonyl (C=O) groups excluding carboxylic acids is 2. The molecule has 1 atom stereocenters. The number of amides is 1. The monoisotopic (exact) mass is 397 g/mol. The van der Waals surface area contributed by atoms with Crippen LogP contribution in [0.3, 0.4) is 0 Å². The lowest BCUT2D eigenvalue weighted by Crippen LogP contribution is -2.36. The third-order valence-electron chi connectivity index (χ3n) is 4.61. The van der Waals surface area contributed by atoms with E-state index in [1.165, 1.54) is 0 Å². The van der Waals surface area contributed by atoms with Gasteiger partial charge < -0.3 is 25.8 Å². The molecule has 0 saturated carbocycles. The van der Waals surface area contributed by atoms with Crippen molar-refractivity contribution < 1.29 is 14.3 Å². The second-order valence-electron chi connectivity index (χ2n) is 6.67. The Kier molecular flexibility index (Phi) is 6.28. The van der Waals surface area contributed by atoms with Gasteiger partial charge in [-0.3, -0.25) is 14.4 Å². The molecule has 3 aromatic rings. The smallest absolute Gasteiger partial charge is 0.295 e.